The van der Waals surface area contributed by atoms with Crippen LogP contribution < -0.4 is 4.90 Å². The lowest BCUT2D eigenvalue weighted by atomic mass is 9.77. The van der Waals surface area contributed by atoms with Crippen LogP contribution in [0.25, 0.3) is 0 Å². The van der Waals surface area contributed by atoms with Crippen molar-refractivity contribution in [3.05, 3.63) is 76.3 Å². The quantitative estimate of drug-likeness (QED) is 0.409. The number of rotatable bonds is 2. The van der Waals surface area contributed by atoms with E-state index in [1.807, 2.05) is 13.8 Å². The smallest absolute Gasteiger partial charge is 0.241 e. The van der Waals surface area contributed by atoms with Crippen molar-refractivity contribution in [2.75, 3.05) is 4.90 Å². The first kappa shape index (κ1) is 19.8. The summed E-state index contributed by atoms with van der Waals surface area (Å²) in [5.41, 5.74) is -0.558. The molecule has 7 heteroatoms. The van der Waals surface area contributed by atoms with Gasteiger partial charge < -0.3 is 4.74 Å². The van der Waals surface area contributed by atoms with Crippen molar-refractivity contribution in [1.82, 2.24) is 0 Å². The van der Waals surface area contributed by atoms with Gasteiger partial charge in [0.2, 0.25) is 29.0 Å². The number of carbonyl (C=O) groups is 4. The number of allylic oxidation sites excluding steroid dienone is 1. The van der Waals surface area contributed by atoms with Gasteiger partial charge in [0, 0.05) is 11.1 Å². The number of Topliss-reactive ketones (excluding diaryl/α,β-unsaturated/α-hetero) is 2. The Labute approximate surface area is 183 Å². The van der Waals surface area contributed by atoms with Crippen molar-refractivity contribution >= 4 is 40.7 Å². The number of ether oxygens (including phenoxy) is 1. The van der Waals surface area contributed by atoms with E-state index in [1.165, 1.54) is 0 Å². The van der Waals surface area contributed by atoms with Gasteiger partial charge in [-0.2, -0.15) is 0 Å². The van der Waals surface area contributed by atoms with Crippen LogP contribution in [0.4, 0.5) is 5.69 Å². The summed E-state index contributed by atoms with van der Waals surface area (Å²) in [5, 5.41) is 0.227. The Bertz CT molecular complexity index is 1180. The lowest BCUT2D eigenvalue weighted by Crippen LogP contribution is -2.51. The number of halogens is 1. The molecular weight excluding hydrogens is 418 g/mol. The van der Waals surface area contributed by atoms with Crippen molar-refractivity contribution in [1.29, 1.82) is 0 Å². The van der Waals surface area contributed by atoms with Gasteiger partial charge in [-0.25, -0.2) is 4.90 Å². The maximum Gasteiger partial charge on any atom is 0.241 e. The number of ketones is 2. The molecule has 31 heavy (non-hydrogen) atoms. The predicted molar refractivity (Wildman–Crippen MR) is 113 cm³/mol. The zero-order chi connectivity index (χ0) is 22.1. The molecule has 2 amide bonds. The fourth-order valence-corrected chi connectivity index (χ4v) is 5.14. The van der Waals surface area contributed by atoms with Gasteiger partial charge in [0.05, 0.1) is 28.6 Å². The summed E-state index contributed by atoms with van der Waals surface area (Å²) in [7, 11) is 0. The molecule has 2 aliphatic heterocycles. The first-order valence-electron chi connectivity index (χ1n) is 9.93. The number of amides is 2. The van der Waals surface area contributed by atoms with E-state index in [-0.39, 0.29) is 21.8 Å². The summed E-state index contributed by atoms with van der Waals surface area (Å²) >= 11 is 6.27. The summed E-state index contributed by atoms with van der Waals surface area (Å²) in [5.74, 6) is -4.59. The molecule has 3 atom stereocenters. The van der Waals surface area contributed by atoms with Crippen LogP contribution in [0.1, 0.15) is 34.6 Å². The van der Waals surface area contributed by atoms with E-state index in [4.69, 9.17) is 16.3 Å². The molecule has 0 unspecified atom stereocenters. The van der Waals surface area contributed by atoms with Crippen LogP contribution in [0.15, 0.2) is 60.2 Å². The van der Waals surface area contributed by atoms with Crippen LogP contribution in [-0.4, -0.2) is 35.1 Å². The van der Waals surface area contributed by atoms with Crippen LogP contribution in [0, 0.1) is 11.8 Å². The van der Waals surface area contributed by atoms with Gasteiger partial charge in [-0.3, -0.25) is 19.2 Å². The van der Waals surface area contributed by atoms with Crippen molar-refractivity contribution < 1.29 is 23.9 Å². The van der Waals surface area contributed by atoms with Gasteiger partial charge in [-0.1, -0.05) is 59.6 Å². The summed E-state index contributed by atoms with van der Waals surface area (Å²) in [4.78, 5) is 55.1. The minimum absolute atomic E-state index is 0.209. The summed E-state index contributed by atoms with van der Waals surface area (Å²) in [6.45, 7) is 3.65. The molecule has 3 aliphatic rings. The molecule has 1 aliphatic carbocycles. The highest BCUT2D eigenvalue weighted by molar-refractivity contribution is 6.39. The number of para-hydroxylation sites is 1. The number of carbonyl (C=O) groups excluding carboxylic acids is 4. The van der Waals surface area contributed by atoms with Crippen molar-refractivity contribution in [3.63, 3.8) is 0 Å². The zero-order valence-corrected chi connectivity index (χ0v) is 17.6. The van der Waals surface area contributed by atoms with Gasteiger partial charge >= 0.3 is 0 Å². The van der Waals surface area contributed by atoms with Gasteiger partial charge in [-0.05, 0) is 26.0 Å². The summed E-state index contributed by atoms with van der Waals surface area (Å²) < 4.78 is 6.07. The molecule has 5 rings (SSSR count). The van der Waals surface area contributed by atoms with Crippen LogP contribution in [-0.2, 0) is 14.3 Å². The highest BCUT2D eigenvalue weighted by atomic mass is 35.5. The Kier molecular flexibility index (Phi) is 4.29. The SMILES string of the molecule is CC(C)=C[C@H]1OC2(C(=O)c3ccccc3C2=O)[C@H]2C(=O)N(c3ccccc3Cl)C(=O)[C@@H]12. The summed E-state index contributed by atoms with van der Waals surface area (Å²) in [6.07, 6.45) is 0.804. The van der Waals surface area contributed by atoms with E-state index < -0.39 is 46.9 Å². The maximum atomic E-state index is 13.6. The zero-order valence-electron chi connectivity index (χ0n) is 16.8. The molecule has 1 spiro atoms. The predicted octanol–water partition coefficient (Wildman–Crippen LogP) is 3.63. The molecule has 2 fully saturated rings. The number of hydrogen-bond acceptors (Lipinski definition) is 5. The minimum atomic E-state index is -2.05. The number of anilines is 1. The number of imide groups is 1. The van der Waals surface area contributed by atoms with Crippen molar-refractivity contribution in [3.8, 4) is 0 Å². The number of benzene rings is 2. The Balaban J connectivity index is 1.71. The third-order valence-corrected chi connectivity index (χ3v) is 6.47. The first-order valence-corrected chi connectivity index (χ1v) is 10.3. The third kappa shape index (κ3) is 2.49. The molecule has 0 radical (unpaired) electrons. The fraction of sp³-hybridized carbons (Fsp3) is 0.250. The number of hydrogen-bond donors (Lipinski definition) is 0. The maximum absolute atomic E-state index is 13.6. The largest absolute Gasteiger partial charge is 0.350 e. The lowest BCUT2D eigenvalue weighted by molar-refractivity contribution is -0.126. The average Bonchev–Trinajstić information content (AvgIpc) is 3.28. The standard InChI is InChI=1S/C24H18ClNO5/c1-12(2)11-17-18-19(23(30)26(22(18)29)16-10-6-5-9-15(16)25)24(31-17)20(27)13-7-3-4-8-14(13)21(24)28/h3-11,17-19H,1-2H3/t17-,18+,19-/m1/s1. The Morgan fingerprint density at radius 3 is 2.10 bits per heavy atom. The number of nitrogens with zero attached hydrogens (tertiary/aromatic N) is 1. The summed E-state index contributed by atoms with van der Waals surface area (Å²) in [6, 6.07) is 12.9. The van der Waals surface area contributed by atoms with E-state index in [0.29, 0.717) is 0 Å². The van der Waals surface area contributed by atoms with E-state index in [0.717, 1.165) is 10.5 Å². The van der Waals surface area contributed by atoms with Gasteiger partial charge in [0.1, 0.15) is 0 Å². The first-order chi connectivity index (χ1) is 14.8. The van der Waals surface area contributed by atoms with Crippen molar-refractivity contribution in [2.24, 2.45) is 11.8 Å². The van der Waals surface area contributed by atoms with Crippen LogP contribution >= 0.6 is 11.6 Å². The molecule has 0 saturated carbocycles. The molecule has 2 saturated heterocycles. The van der Waals surface area contributed by atoms with Gasteiger partial charge in [0.15, 0.2) is 0 Å². The van der Waals surface area contributed by atoms with Crippen LogP contribution in [0.3, 0.4) is 0 Å². The molecule has 0 aromatic heterocycles. The highest BCUT2D eigenvalue weighted by Crippen LogP contribution is 2.54. The second-order valence-electron chi connectivity index (χ2n) is 8.23. The highest BCUT2D eigenvalue weighted by Gasteiger charge is 2.74. The molecule has 6 nitrogen and oxygen atoms in total. The Hall–Kier alpha value is -3.09. The molecular formula is C24H18ClNO5. The molecule has 2 aromatic rings. The lowest BCUT2D eigenvalue weighted by Gasteiger charge is -2.27. The molecule has 2 heterocycles. The van der Waals surface area contributed by atoms with Crippen LogP contribution in [0.2, 0.25) is 5.02 Å². The second-order valence-corrected chi connectivity index (χ2v) is 8.64. The third-order valence-electron chi connectivity index (χ3n) is 6.15. The van der Waals surface area contributed by atoms with Gasteiger partial charge in [0.25, 0.3) is 0 Å². The molecule has 2 aromatic carbocycles. The second kappa shape index (κ2) is 6.70. The Morgan fingerprint density at radius 1 is 0.935 bits per heavy atom. The molecule has 0 N–H and O–H groups in total. The van der Waals surface area contributed by atoms with Crippen LogP contribution in [0.5, 0.6) is 0 Å². The normalized spacial score (nSPS) is 25.9. The fourth-order valence-electron chi connectivity index (χ4n) is 4.92. The van der Waals surface area contributed by atoms with E-state index in [1.54, 1.807) is 54.6 Å². The van der Waals surface area contributed by atoms with Gasteiger partial charge in [-0.15, -0.1) is 0 Å². The number of fused-ring (bicyclic) bond motifs is 3. The molecule has 156 valence electrons. The topological polar surface area (TPSA) is 80.8 Å². The van der Waals surface area contributed by atoms with E-state index in [9.17, 15) is 19.2 Å². The average molecular weight is 436 g/mol. The minimum Gasteiger partial charge on any atom is -0.350 e. The Morgan fingerprint density at radius 2 is 1.52 bits per heavy atom. The molecule has 0 bridgehead atoms. The van der Waals surface area contributed by atoms with Crippen molar-refractivity contribution in [2.45, 2.75) is 25.6 Å². The monoisotopic (exact) mass is 435 g/mol. The van der Waals surface area contributed by atoms with E-state index >= 15 is 0 Å². The van der Waals surface area contributed by atoms with E-state index in [2.05, 4.69) is 0 Å².